The molecule has 0 aliphatic heterocycles. The third-order valence-corrected chi connectivity index (χ3v) is 2.27. The number of aliphatic hydroxyl groups is 1. The van der Waals surface area contributed by atoms with Crippen LogP contribution in [0.1, 0.15) is 32.6 Å². The molecule has 0 radical (unpaired) electrons. The zero-order valence-corrected chi connectivity index (χ0v) is 10.2. The molecule has 0 saturated carbocycles. The fraction of sp³-hybridized carbons (Fsp3) is 0.909. The minimum atomic E-state index is -0.519. The average molecular weight is 232 g/mol. The molecule has 16 heavy (non-hydrogen) atoms. The predicted molar refractivity (Wildman–Crippen MR) is 63.0 cm³/mol. The van der Waals surface area contributed by atoms with Crippen molar-refractivity contribution in [3.63, 3.8) is 0 Å². The van der Waals surface area contributed by atoms with Gasteiger partial charge in [-0.05, 0) is 12.8 Å². The second-order valence-corrected chi connectivity index (χ2v) is 4.00. The van der Waals surface area contributed by atoms with E-state index in [1.54, 1.807) is 0 Å². The first-order valence-corrected chi connectivity index (χ1v) is 5.79. The van der Waals surface area contributed by atoms with Gasteiger partial charge in [-0.2, -0.15) is 0 Å². The highest BCUT2D eigenvalue weighted by Crippen LogP contribution is 1.98. The van der Waals surface area contributed by atoms with Crippen LogP contribution in [0.4, 0.5) is 0 Å². The maximum absolute atomic E-state index is 11.4. The monoisotopic (exact) mass is 232 g/mol. The van der Waals surface area contributed by atoms with Crippen molar-refractivity contribution in [2.24, 2.45) is 5.73 Å². The molecule has 0 aromatic carbocycles. The van der Waals surface area contributed by atoms with Crippen molar-refractivity contribution in [2.75, 3.05) is 20.3 Å². The fourth-order valence-electron chi connectivity index (χ4n) is 1.44. The van der Waals surface area contributed by atoms with E-state index in [2.05, 4.69) is 5.32 Å². The number of hydrogen-bond donors (Lipinski definition) is 3. The Hall–Kier alpha value is -0.650. The molecule has 0 fully saturated rings. The zero-order chi connectivity index (χ0) is 12.4. The molecule has 5 heteroatoms. The molecule has 1 amide bonds. The fourth-order valence-corrected chi connectivity index (χ4v) is 1.44. The van der Waals surface area contributed by atoms with E-state index in [0.717, 1.165) is 12.8 Å². The second kappa shape index (κ2) is 9.57. The SMILES string of the molecule is CCCC(N)CC(=O)NCCC(O)COC. The van der Waals surface area contributed by atoms with Gasteiger partial charge in [0.05, 0.1) is 12.7 Å². The van der Waals surface area contributed by atoms with Gasteiger partial charge in [0, 0.05) is 26.1 Å². The quantitative estimate of drug-likeness (QED) is 0.523. The molecular weight excluding hydrogens is 208 g/mol. The highest BCUT2D eigenvalue weighted by Gasteiger charge is 2.09. The summed E-state index contributed by atoms with van der Waals surface area (Å²) < 4.78 is 4.77. The predicted octanol–water partition coefficient (Wildman–Crippen LogP) is 0.0175. The Morgan fingerprint density at radius 2 is 2.19 bits per heavy atom. The van der Waals surface area contributed by atoms with Gasteiger partial charge in [-0.25, -0.2) is 0 Å². The molecule has 0 heterocycles. The lowest BCUT2D eigenvalue weighted by Crippen LogP contribution is -2.33. The average Bonchev–Trinajstić information content (AvgIpc) is 2.18. The highest BCUT2D eigenvalue weighted by molar-refractivity contribution is 5.76. The van der Waals surface area contributed by atoms with Gasteiger partial charge >= 0.3 is 0 Å². The second-order valence-electron chi connectivity index (χ2n) is 4.00. The van der Waals surface area contributed by atoms with E-state index < -0.39 is 6.10 Å². The van der Waals surface area contributed by atoms with Gasteiger partial charge in [0.25, 0.3) is 0 Å². The molecule has 0 aromatic rings. The van der Waals surface area contributed by atoms with Crippen LogP contribution < -0.4 is 11.1 Å². The first-order chi connectivity index (χ1) is 7.60. The lowest BCUT2D eigenvalue weighted by molar-refractivity contribution is -0.121. The lowest BCUT2D eigenvalue weighted by atomic mass is 10.1. The summed E-state index contributed by atoms with van der Waals surface area (Å²) in [4.78, 5) is 11.4. The molecule has 0 aliphatic rings. The summed E-state index contributed by atoms with van der Waals surface area (Å²) in [5.41, 5.74) is 5.73. The summed E-state index contributed by atoms with van der Waals surface area (Å²) >= 11 is 0. The third kappa shape index (κ3) is 8.64. The van der Waals surface area contributed by atoms with Gasteiger partial charge in [0.1, 0.15) is 0 Å². The van der Waals surface area contributed by atoms with Crippen molar-refractivity contribution >= 4 is 5.91 Å². The van der Waals surface area contributed by atoms with Gasteiger partial charge in [0.2, 0.25) is 5.91 Å². The Labute approximate surface area is 97.3 Å². The number of methoxy groups -OCH3 is 1. The first kappa shape index (κ1) is 15.3. The van der Waals surface area contributed by atoms with Crippen LogP contribution in [0.15, 0.2) is 0 Å². The Kier molecular flexibility index (Phi) is 9.18. The Bertz CT molecular complexity index is 188. The van der Waals surface area contributed by atoms with E-state index in [-0.39, 0.29) is 11.9 Å². The lowest BCUT2D eigenvalue weighted by Gasteiger charge is -2.12. The summed E-state index contributed by atoms with van der Waals surface area (Å²) in [6.07, 6.45) is 2.19. The van der Waals surface area contributed by atoms with Gasteiger partial charge in [0.15, 0.2) is 0 Å². The van der Waals surface area contributed by atoms with Gasteiger partial charge in [-0.15, -0.1) is 0 Å². The molecular formula is C11H24N2O3. The van der Waals surface area contributed by atoms with E-state index in [1.807, 2.05) is 6.92 Å². The number of aliphatic hydroxyl groups excluding tert-OH is 1. The van der Waals surface area contributed by atoms with Crippen molar-refractivity contribution in [3.8, 4) is 0 Å². The molecule has 5 nitrogen and oxygen atoms in total. The van der Waals surface area contributed by atoms with Crippen LogP contribution in [0.25, 0.3) is 0 Å². The first-order valence-electron chi connectivity index (χ1n) is 5.79. The molecule has 2 unspecified atom stereocenters. The summed E-state index contributed by atoms with van der Waals surface area (Å²) in [6.45, 7) is 2.80. The van der Waals surface area contributed by atoms with E-state index in [9.17, 15) is 9.90 Å². The summed E-state index contributed by atoms with van der Waals surface area (Å²) in [6, 6.07) is -0.0612. The third-order valence-electron chi connectivity index (χ3n) is 2.27. The Balaban J connectivity index is 3.50. The van der Waals surface area contributed by atoms with E-state index in [0.29, 0.717) is 26.0 Å². The minimum Gasteiger partial charge on any atom is -0.391 e. The number of carbonyl (C=O) groups excluding carboxylic acids is 1. The number of nitrogens with two attached hydrogens (primary N) is 1. The number of hydrogen-bond acceptors (Lipinski definition) is 4. The largest absolute Gasteiger partial charge is 0.391 e. The maximum Gasteiger partial charge on any atom is 0.221 e. The van der Waals surface area contributed by atoms with Crippen LogP contribution in [0.2, 0.25) is 0 Å². The summed E-state index contributed by atoms with van der Waals surface area (Å²) in [5, 5.41) is 12.1. The Morgan fingerprint density at radius 3 is 2.75 bits per heavy atom. The number of ether oxygens (including phenoxy) is 1. The number of carbonyl (C=O) groups is 1. The molecule has 0 aromatic heterocycles. The molecule has 0 aliphatic carbocycles. The molecule has 0 rings (SSSR count). The van der Waals surface area contributed by atoms with E-state index >= 15 is 0 Å². The van der Waals surface area contributed by atoms with Crippen molar-refractivity contribution in [3.05, 3.63) is 0 Å². The van der Waals surface area contributed by atoms with Crippen molar-refractivity contribution in [1.29, 1.82) is 0 Å². The molecule has 4 N–H and O–H groups in total. The van der Waals surface area contributed by atoms with Crippen LogP contribution in [0.5, 0.6) is 0 Å². The maximum atomic E-state index is 11.4. The molecule has 0 saturated heterocycles. The number of nitrogens with one attached hydrogen (secondary N) is 1. The van der Waals surface area contributed by atoms with Crippen molar-refractivity contribution in [1.82, 2.24) is 5.32 Å². The molecule has 0 spiro atoms. The van der Waals surface area contributed by atoms with Crippen LogP contribution in [-0.2, 0) is 9.53 Å². The Morgan fingerprint density at radius 1 is 1.50 bits per heavy atom. The van der Waals surface area contributed by atoms with E-state index in [1.165, 1.54) is 7.11 Å². The number of rotatable bonds is 9. The van der Waals surface area contributed by atoms with Gasteiger partial charge < -0.3 is 20.9 Å². The summed E-state index contributed by atoms with van der Waals surface area (Å²) in [7, 11) is 1.53. The van der Waals surface area contributed by atoms with Crippen LogP contribution in [-0.4, -0.2) is 43.4 Å². The van der Waals surface area contributed by atoms with Gasteiger partial charge in [-0.1, -0.05) is 13.3 Å². The van der Waals surface area contributed by atoms with Crippen LogP contribution >= 0.6 is 0 Å². The topological polar surface area (TPSA) is 84.6 Å². The molecule has 2 atom stereocenters. The van der Waals surface area contributed by atoms with Crippen LogP contribution in [0, 0.1) is 0 Å². The molecule has 96 valence electrons. The summed E-state index contributed by atoms with van der Waals surface area (Å²) in [5.74, 6) is -0.0504. The highest BCUT2D eigenvalue weighted by atomic mass is 16.5. The smallest absolute Gasteiger partial charge is 0.221 e. The van der Waals surface area contributed by atoms with Crippen LogP contribution in [0.3, 0.4) is 0 Å². The normalized spacial score (nSPS) is 14.5. The standard InChI is InChI=1S/C11H24N2O3/c1-3-4-9(12)7-11(15)13-6-5-10(14)8-16-2/h9-10,14H,3-8,12H2,1-2H3,(H,13,15). The number of amides is 1. The van der Waals surface area contributed by atoms with Crippen molar-refractivity contribution in [2.45, 2.75) is 44.8 Å². The van der Waals surface area contributed by atoms with Gasteiger partial charge in [-0.3, -0.25) is 4.79 Å². The van der Waals surface area contributed by atoms with E-state index in [4.69, 9.17) is 10.5 Å². The van der Waals surface area contributed by atoms with Crippen molar-refractivity contribution < 1.29 is 14.6 Å². The minimum absolute atomic E-state index is 0.0504. The zero-order valence-electron chi connectivity index (χ0n) is 10.2. The molecule has 0 bridgehead atoms.